The number of aromatic nitrogens is 1. The van der Waals surface area contributed by atoms with Crippen LogP contribution in [0.25, 0.3) is 93.6 Å². The van der Waals surface area contributed by atoms with Crippen LogP contribution < -0.4 is 9.80 Å². The SMILES string of the molecule is c1ccc(N(c2cc(-c3ccc(-c4ccc5c(c4)c4ccccc4n5-c4ccccc4)cc3)cc(N(c3ccccc3)c3ccc4oc5ccccc5c4c3)c2)c2ccc3oc4ccccc4c3c2)cc1. The molecule has 0 saturated heterocycles. The molecule has 334 valence electrons. The van der Waals surface area contributed by atoms with E-state index in [1.807, 2.05) is 24.3 Å². The maximum Gasteiger partial charge on any atom is 0.135 e. The summed E-state index contributed by atoms with van der Waals surface area (Å²) in [5, 5.41) is 6.78. The molecule has 0 atom stereocenters. The summed E-state index contributed by atoms with van der Waals surface area (Å²) in [6, 6.07) is 93.1. The molecule has 5 nitrogen and oxygen atoms in total. The molecule has 71 heavy (non-hydrogen) atoms. The van der Waals surface area contributed by atoms with Gasteiger partial charge in [0.05, 0.1) is 11.0 Å². The predicted octanol–water partition coefficient (Wildman–Crippen LogP) is 18.9. The van der Waals surface area contributed by atoms with Crippen LogP contribution in [-0.4, -0.2) is 4.57 Å². The Hall–Kier alpha value is -9.58. The quantitative estimate of drug-likeness (QED) is 0.145. The van der Waals surface area contributed by atoms with Gasteiger partial charge >= 0.3 is 0 Å². The number of para-hydroxylation sites is 6. The summed E-state index contributed by atoms with van der Waals surface area (Å²) in [6.45, 7) is 0. The van der Waals surface area contributed by atoms with Crippen molar-refractivity contribution < 1.29 is 8.83 Å². The van der Waals surface area contributed by atoms with Crippen LogP contribution in [0.4, 0.5) is 34.1 Å². The van der Waals surface area contributed by atoms with Crippen LogP contribution in [-0.2, 0) is 0 Å². The van der Waals surface area contributed by atoms with Crippen molar-refractivity contribution in [1.29, 1.82) is 0 Å². The number of anilines is 6. The van der Waals surface area contributed by atoms with Gasteiger partial charge in [0.15, 0.2) is 0 Å². The molecule has 0 bridgehead atoms. The smallest absolute Gasteiger partial charge is 0.135 e. The van der Waals surface area contributed by atoms with Gasteiger partial charge in [-0.05, 0) is 144 Å². The van der Waals surface area contributed by atoms with E-state index in [1.54, 1.807) is 0 Å². The molecule has 0 unspecified atom stereocenters. The Bertz CT molecular complexity index is 4110. The molecule has 11 aromatic carbocycles. The van der Waals surface area contributed by atoms with E-state index < -0.39 is 0 Å². The van der Waals surface area contributed by atoms with Crippen LogP contribution in [0.15, 0.2) is 270 Å². The first-order valence-electron chi connectivity index (χ1n) is 24.1. The average Bonchev–Trinajstić information content (AvgIpc) is 4.11. The van der Waals surface area contributed by atoms with E-state index in [-0.39, 0.29) is 0 Å². The second kappa shape index (κ2) is 16.6. The lowest BCUT2D eigenvalue weighted by molar-refractivity contribution is 0.668. The summed E-state index contributed by atoms with van der Waals surface area (Å²) in [5.41, 5.74) is 17.7. The van der Waals surface area contributed by atoms with Gasteiger partial charge in [-0.2, -0.15) is 0 Å². The van der Waals surface area contributed by atoms with E-state index in [2.05, 4.69) is 251 Å². The minimum Gasteiger partial charge on any atom is -0.456 e. The number of hydrogen-bond acceptors (Lipinski definition) is 4. The molecule has 14 rings (SSSR count). The number of benzene rings is 11. The minimum atomic E-state index is 0.857. The monoisotopic (exact) mass is 909 g/mol. The van der Waals surface area contributed by atoms with Gasteiger partial charge in [0.2, 0.25) is 0 Å². The van der Waals surface area contributed by atoms with Crippen molar-refractivity contribution in [1.82, 2.24) is 4.57 Å². The van der Waals surface area contributed by atoms with Crippen molar-refractivity contribution in [2.45, 2.75) is 0 Å². The van der Waals surface area contributed by atoms with E-state index in [0.717, 1.165) is 100 Å². The highest BCUT2D eigenvalue weighted by atomic mass is 16.3. The lowest BCUT2D eigenvalue weighted by atomic mass is 9.97. The number of furan rings is 2. The lowest BCUT2D eigenvalue weighted by Crippen LogP contribution is -2.13. The molecular formula is C66H43N3O2. The fourth-order valence-corrected chi connectivity index (χ4v) is 10.6. The molecule has 0 saturated carbocycles. The van der Waals surface area contributed by atoms with E-state index in [0.29, 0.717) is 0 Å². The van der Waals surface area contributed by atoms with Gasteiger partial charge in [-0.15, -0.1) is 0 Å². The molecule has 0 aliphatic rings. The molecule has 3 heterocycles. The lowest BCUT2D eigenvalue weighted by Gasteiger charge is -2.30. The third-order valence-corrected chi connectivity index (χ3v) is 13.9. The van der Waals surface area contributed by atoms with Crippen molar-refractivity contribution in [3.63, 3.8) is 0 Å². The molecule has 0 fully saturated rings. The van der Waals surface area contributed by atoms with E-state index in [1.165, 1.54) is 27.4 Å². The van der Waals surface area contributed by atoms with Gasteiger partial charge < -0.3 is 23.2 Å². The maximum absolute atomic E-state index is 6.34. The van der Waals surface area contributed by atoms with E-state index >= 15 is 0 Å². The third-order valence-electron chi connectivity index (χ3n) is 13.9. The van der Waals surface area contributed by atoms with Gasteiger partial charge in [0, 0.05) is 72.1 Å². The predicted molar refractivity (Wildman–Crippen MR) is 296 cm³/mol. The largest absolute Gasteiger partial charge is 0.456 e. The summed E-state index contributed by atoms with van der Waals surface area (Å²) >= 11 is 0. The molecule has 0 aliphatic carbocycles. The number of fused-ring (bicyclic) bond motifs is 9. The first kappa shape index (κ1) is 40.5. The third kappa shape index (κ3) is 6.94. The highest BCUT2D eigenvalue weighted by molar-refractivity contribution is 6.11. The molecule has 0 aliphatic heterocycles. The first-order valence-corrected chi connectivity index (χ1v) is 24.1. The van der Waals surface area contributed by atoms with Crippen LogP contribution in [0.5, 0.6) is 0 Å². The Morgan fingerprint density at radius 2 is 0.676 bits per heavy atom. The maximum atomic E-state index is 6.34. The van der Waals surface area contributed by atoms with Crippen molar-refractivity contribution >= 4 is 99.8 Å². The topological polar surface area (TPSA) is 37.7 Å². The highest BCUT2D eigenvalue weighted by Gasteiger charge is 2.22. The second-order valence-electron chi connectivity index (χ2n) is 18.1. The van der Waals surface area contributed by atoms with Crippen molar-refractivity contribution in [3.05, 3.63) is 261 Å². The van der Waals surface area contributed by atoms with E-state index in [4.69, 9.17) is 8.83 Å². The number of hydrogen-bond donors (Lipinski definition) is 0. The Balaban J connectivity index is 0.954. The second-order valence-corrected chi connectivity index (χ2v) is 18.1. The van der Waals surface area contributed by atoms with Crippen LogP contribution in [0.2, 0.25) is 0 Å². The average molecular weight is 910 g/mol. The van der Waals surface area contributed by atoms with E-state index in [9.17, 15) is 0 Å². The molecule has 14 aromatic rings. The van der Waals surface area contributed by atoms with Crippen LogP contribution >= 0.6 is 0 Å². The van der Waals surface area contributed by atoms with Gasteiger partial charge in [-0.3, -0.25) is 0 Å². The van der Waals surface area contributed by atoms with Crippen molar-refractivity contribution in [3.8, 4) is 27.9 Å². The zero-order valence-corrected chi connectivity index (χ0v) is 38.5. The Kier molecular flexibility index (Phi) is 9.46. The normalized spacial score (nSPS) is 11.7. The molecule has 0 N–H and O–H groups in total. The van der Waals surface area contributed by atoms with Gasteiger partial charge in [-0.25, -0.2) is 0 Å². The van der Waals surface area contributed by atoms with Gasteiger partial charge in [0.25, 0.3) is 0 Å². The summed E-state index contributed by atoms with van der Waals surface area (Å²) < 4.78 is 15.1. The van der Waals surface area contributed by atoms with Crippen molar-refractivity contribution in [2.75, 3.05) is 9.80 Å². The summed E-state index contributed by atoms with van der Waals surface area (Å²) in [6.07, 6.45) is 0. The minimum absolute atomic E-state index is 0.857. The fourth-order valence-electron chi connectivity index (χ4n) is 10.6. The standard InChI is InChI=1S/C66H43N3O2/c1-4-16-48(17-5-1)67(51-33-36-65-59(42-51)56-23-11-14-26-63(56)70-65)53-38-47(39-54(41-53)68(49-18-6-2-7-19-49)52-34-37-66-60(43-52)57-24-12-15-27-64(57)71-66)45-30-28-44(29-31-45)46-32-35-62-58(40-46)55-22-10-13-25-61(55)69(62)50-20-8-3-9-21-50/h1-43H. The molecule has 3 aromatic heterocycles. The van der Waals surface area contributed by atoms with Gasteiger partial charge in [-0.1, -0.05) is 140 Å². The van der Waals surface area contributed by atoms with Gasteiger partial charge in [0.1, 0.15) is 22.3 Å². The molecule has 0 amide bonds. The first-order chi connectivity index (χ1) is 35.2. The molecule has 0 spiro atoms. The highest BCUT2D eigenvalue weighted by Crippen LogP contribution is 2.46. The summed E-state index contributed by atoms with van der Waals surface area (Å²) in [4.78, 5) is 4.72. The number of nitrogens with zero attached hydrogens (tertiary/aromatic N) is 3. The molecular weight excluding hydrogens is 867 g/mol. The Morgan fingerprint density at radius 3 is 1.24 bits per heavy atom. The number of rotatable bonds is 9. The summed E-state index contributed by atoms with van der Waals surface area (Å²) in [7, 11) is 0. The molecule has 5 heteroatoms. The molecule has 0 radical (unpaired) electrons. The zero-order valence-electron chi connectivity index (χ0n) is 38.5. The zero-order chi connectivity index (χ0) is 46.8. The Morgan fingerprint density at radius 1 is 0.239 bits per heavy atom. The Labute approximate surface area is 409 Å². The fraction of sp³-hybridized carbons (Fsp3) is 0. The van der Waals surface area contributed by atoms with Crippen LogP contribution in [0, 0.1) is 0 Å². The summed E-state index contributed by atoms with van der Waals surface area (Å²) in [5.74, 6) is 0. The van der Waals surface area contributed by atoms with Crippen LogP contribution in [0.1, 0.15) is 0 Å². The van der Waals surface area contributed by atoms with Crippen molar-refractivity contribution in [2.24, 2.45) is 0 Å². The van der Waals surface area contributed by atoms with Crippen LogP contribution in [0.3, 0.4) is 0 Å².